The van der Waals surface area contributed by atoms with Gasteiger partial charge in [0.25, 0.3) is 0 Å². The first-order valence-corrected chi connectivity index (χ1v) is 9.06. The highest BCUT2D eigenvalue weighted by Crippen LogP contribution is 2.14. The second-order valence-corrected chi connectivity index (χ2v) is 6.63. The smallest absolute Gasteiger partial charge is 0.222 e. The molecule has 0 saturated carbocycles. The number of carbonyl (C=O) groups is 1. The van der Waals surface area contributed by atoms with E-state index >= 15 is 0 Å². The Balaban J connectivity index is 1.98. The molecular weight excluding hydrogens is 262 g/mol. The fourth-order valence-electron chi connectivity index (χ4n) is 3.13. The first kappa shape index (κ1) is 18.5. The fraction of sp³-hybridized carbons (Fsp3) is 0.944. The van der Waals surface area contributed by atoms with Crippen LogP contribution in [-0.4, -0.2) is 36.1 Å². The number of nitrogens with zero attached hydrogens (tertiary/aromatic N) is 1. The summed E-state index contributed by atoms with van der Waals surface area (Å²) in [6, 6.07) is 0. The van der Waals surface area contributed by atoms with Gasteiger partial charge in [-0.2, -0.15) is 0 Å². The molecule has 1 amide bonds. The Morgan fingerprint density at radius 1 is 0.905 bits per heavy atom. The van der Waals surface area contributed by atoms with Gasteiger partial charge in [-0.25, -0.2) is 0 Å². The molecule has 1 heterocycles. The molecule has 0 spiro atoms. The van der Waals surface area contributed by atoms with Crippen molar-refractivity contribution in [3.05, 3.63) is 0 Å². The maximum Gasteiger partial charge on any atom is 0.222 e. The highest BCUT2D eigenvalue weighted by atomic mass is 16.5. The van der Waals surface area contributed by atoms with Crippen LogP contribution in [0.3, 0.4) is 0 Å². The second kappa shape index (κ2) is 11.1. The molecule has 1 rings (SSSR count). The van der Waals surface area contributed by atoms with E-state index in [0.717, 1.165) is 25.9 Å². The molecule has 0 N–H and O–H groups in total. The maximum absolute atomic E-state index is 12.2. The van der Waals surface area contributed by atoms with Crippen LogP contribution in [0.25, 0.3) is 0 Å². The topological polar surface area (TPSA) is 29.5 Å². The Labute approximate surface area is 131 Å². The number of rotatable bonds is 10. The minimum atomic E-state index is 0.181. The number of ether oxygens (including phenoxy) is 1. The average Bonchev–Trinajstić information content (AvgIpc) is 2.44. The van der Waals surface area contributed by atoms with E-state index in [1.165, 1.54) is 51.4 Å². The molecule has 0 aromatic carbocycles. The van der Waals surface area contributed by atoms with Crippen LogP contribution in [0.15, 0.2) is 0 Å². The second-order valence-electron chi connectivity index (χ2n) is 6.63. The number of hydrogen-bond acceptors (Lipinski definition) is 2. The van der Waals surface area contributed by atoms with Gasteiger partial charge in [0.2, 0.25) is 5.91 Å². The summed E-state index contributed by atoms with van der Waals surface area (Å²) >= 11 is 0. The molecule has 124 valence electrons. The fourth-order valence-corrected chi connectivity index (χ4v) is 3.13. The standard InChI is InChI=1S/C18H35NO2/c1-4-5-6-7-8-9-10-11-12-13-18(20)19-14-16(2)21-17(3)15-19/h16-17H,4-15H2,1-3H3. The normalized spacial score (nSPS) is 22.5. The summed E-state index contributed by atoms with van der Waals surface area (Å²) in [5.74, 6) is 0.319. The molecule has 2 atom stereocenters. The van der Waals surface area contributed by atoms with Gasteiger partial charge in [-0.1, -0.05) is 58.3 Å². The summed E-state index contributed by atoms with van der Waals surface area (Å²) in [5, 5.41) is 0. The van der Waals surface area contributed by atoms with Gasteiger partial charge in [-0.15, -0.1) is 0 Å². The molecule has 0 bridgehead atoms. The number of morpholine rings is 1. The van der Waals surface area contributed by atoms with Gasteiger partial charge in [0.1, 0.15) is 0 Å². The van der Waals surface area contributed by atoms with Crippen molar-refractivity contribution in [1.82, 2.24) is 4.90 Å². The zero-order chi connectivity index (χ0) is 15.5. The Morgan fingerprint density at radius 3 is 1.90 bits per heavy atom. The van der Waals surface area contributed by atoms with Crippen molar-refractivity contribution >= 4 is 5.91 Å². The summed E-state index contributed by atoms with van der Waals surface area (Å²) in [4.78, 5) is 14.2. The number of hydrogen-bond donors (Lipinski definition) is 0. The number of unbranched alkanes of at least 4 members (excludes halogenated alkanes) is 8. The van der Waals surface area contributed by atoms with Crippen molar-refractivity contribution in [3.63, 3.8) is 0 Å². The molecule has 1 aliphatic heterocycles. The van der Waals surface area contributed by atoms with Crippen molar-refractivity contribution in [2.24, 2.45) is 0 Å². The van der Waals surface area contributed by atoms with Crippen LogP contribution in [0.5, 0.6) is 0 Å². The molecule has 21 heavy (non-hydrogen) atoms. The Kier molecular flexibility index (Phi) is 9.73. The van der Waals surface area contributed by atoms with Gasteiger partial charge in [-0.3, -0.25) is 4.79 Å². The van der Waals surface area contributed by atoms with Gasteiger partial charge in [0.05, 0.1) is 12.2 Å². The molecule has 3 heteroatoms. The maximum atomic E-state index is 12.2. The summed E-state index contributed by atoms with van der Waals surface area (Å²) < 4.78 is 5.67. The Bertz CT molecular complexity index is 270. The van der Waals surface area contributed by atoms with E-state index in [9.17, 15) is 4.79 Å². The molecule has 2 unspecified atom stereocenters. The van der Waals surface area contributed by atoms with Crippen LogP contribution < -0.4 is 0 Å². The molecule has 0 radical (unpaired) electrons. The van der Waals surface area contributed by atoms with E-state index in [0.29, 0.717) is 5.91 Å². The average molecular weight is 297 g/mol. The molecule has 0 aliphatic carbocycles. The predicted molar refractivity (Wildman–Crippen MR) is 88.4 cm³/mol. The lowest BCUT2D eigenvalue weighted by Gasteiger charge is -2.35. The third-order valence-corrected chi connectivity index (χ3v) is 4.27. The summed E-state index contributed by atoms with van der Waals surface area (Å²) in [7, 11) is 0. The zero-order valence-electron chi connectivity index (χ0n) is 14.4. The van der Waals surface area contributed by atoms with E-state index in [2.05, 4.69) is 20.8 Å². The van der Waals surface area contributed by atoms with Crippen molar-refractivity contribution in [1.29, 1.82) is 0 Å². The monoisotopic (exact) mass is 297 g/mol. The number of amides is 1. The van der Waals surface area contributed by atoms with E-state index in [1.54, 1.807) is 0 Å². The third kappa shape index (κ3) is 8.45. The zero-order valence-corrected chi connectivity index (χ0v) is 14.4. The van der Waals surface area contributed by atoms with Crippen LogP contribution >= 0.6 is 0 Å². The lowest BCUT2D eigenvalue weighted by Crippen LogP contribution is -2.48. The van der Waals surface area contributed by atoms with E-state index in [4.69, 9.17) is 4.74 Å². The van der Waals surface area contributed by atoms with Crippen molar-refractivity contribution < 1.29 is 9.53 Å². The SMILES string of the molecule is CCCCCCCCCCCC(=O)N1CC(C)OC(C)C1. The molecule has 0 aromatic heterocycles. The van der Waals surface area contributed by atoms with Crippen LogP contribution in [0.1, 0.15) is 85.0 Å². The molecular formula is C18H35NO2. The Morgan fingerprint density at radius 2 is 1.38 bits per heavy atom. The van der Waals surface area contributed by atoms with Crippen molar-refractivity contribution in [2.75, 3.05) is 13.1 Å². The minimum Gasteiger partial charge on any atom is -0.372 e. The molecule has 0 aromatic rings. The molecule has 1 saturated heterocycles. The van der Waals surface area contributed by atoms with E-state index < -0.39 is 0 Å². The quantitative estimate of drug-likeness (QED) is 0.554. The van der Waals surface area contributed by atoms with E-state index in [-0.39, 0.29) is 12.2 Å². The van der Waals surface area contributed by atoms with E-state index in [1.807, 2.05) is 4.90 Å². The lowest BCUT2D eigenvalue weighted by molar-refractivity contribution is -0.143. The Hall–Kier alpha value is -0.570. The summed E-state index contributed by atoms with van der Waals surface area (Å²) in [6.07, 6.45) is 12.8. The van der Waals surface area contributed by atoms with Gasteiger partial charge in [0.15, 0.2) is 0 Å². The number of carbonyl (C=O) groups excluding carboxylic acids is 1. The minimum absolute atomic E-state index is 0.181. The van der Waals surface area contributed by atoms with Crippen molar-refractivity contribution in [2.45, 2.75) is 97.2 Å². The molecule has 3 nitrogen and oxygen atoms in total. The first-order chi connectivity index (χ1) is 10.1. The van der Waals surface area contributed by atoms with Crippen molar-refractivity contribution in [3.8, 4) is 0 Å². The highest BCUT2D eigenvalue weighted by molar-refractivity contribution is 5.76. The van der Waals surface area contributed by atoms with Crippen LogP contribution in [0.4, 0.5) is 0 Å². The predicted octanol–water partition coefficient (Wildman–Crippen LogP) is 4.54. The summed E-state index contributed by atoms with van der Waals surface area (Å²) in [5.41, 5.74) is 0. The van der Waals surface area contributed by atoms with Crippen LogP contribution in [0, 0.1) is 0 Å². The van der Waals surface area contributed by atoms with Gasteiger partial charge in [0, 0.05) is 19.5 Å². The highest BCUT2D eigenvalue weighted by Gasteiger charge is 2.25. The van der Waals surface area contributed by atoms with Crippen LogP contribution in [0.2, 0.25) is 0 Å². The van der Waals surface area contributed by atoms with Gasteiger partial charge >= 0.3 is 0 Å². The van der Waals surface area contributed by atoms with Gasteiger partial charge in [-0.05, 0) is 20.3 Å². The molecule has 1 aliphatic rings. The summed E-state index contributed by atoms with van der Waals surface area (Å²) in [6.45, 7) is 7.89. The largest absolute Gasteiger partial charge is 0.372 e. The molecule has 1 fully saturated rings. The first-order valence-electron chi connectivity index (χ1n) is 9.06. The van der Waals surface area contributed by atoms with Crippen LogP contribution in [-0.2, 0) is 9.53 Å². The lowest BCUT2D eigenvalue weighted by atomic mass is 10.1. The third-order valence-electron chi connectivity index (χ3n) is 4.27. The van der Waals surface area contributed by atoms with Gasteiger partial charge < -0.3 is 9.64 Å².